The minimum Gasteiger partial charge on any atom is -0.460 e. The van der Waals surface area contributed by atoms with Gasteiger partial charge < -0.3 is 14.4 Å². The number of nitrogens with zero attached hydrogens (tertiary/aromatic N) is 1. The molecular formula is C23H20FNO4. The highest BCUT2D eigenvalue weighted by Crippen LogP contribution is 2.52. The number of hydrogen-bond donors (Lipinski definition) is 0. The molecule has 0 saturated carbocycles. The average molecular weight is 393 g/mol. The fraction of sp³-hybridized carbons (Fsp3) is 0.304. The first-order valence-electron chi connectivity index (χ1n) is 9.67. The molecule has 0 radical (unpaired) electrons. The molecule has 5 rings (SSSR count). The molecule has 4 atom stereocenters. The first kappa shape index (κ1) is 18.1. The van der Waals surface area contributed by atoms with Gasteiger partial charge in [-0.15, -0.1) is 0 Å². The Kier molecular flexibility index (Phi) is 4.24. The Morgan fingerprint density at radius 3 is 2.66 bits per heavy atom. The Labute approximate surface area is 167 Å². The zero-order valence-corrected chi connectivity index (χ0v) is 15.7. The second-order valence-electron chi connectivity index (χ2n) is 7.81. The van der Waals surface area contributed by atoms with Crippen LogP contribution in [0.5, 0.6) is 0 Å². The van der Waals surface area contributed by atoms with Crippen molar-refractivity contribution in [1.82, 2.24) is 4.90 Å². The maximum atomic E-state index is 13.2. The highest BCUT2D eigenvalue weighted by Gasteiger charge is 2.67. The number of ether oxygens (including phenoxy) is 2. The largest absolute Gasteiger partial charge is 0.460 e. The first-order valence-corrected chi connectivity index (χ1v) is 9.67. The van der Waals surface area contributed by atoms with Gasteiger partial charge in [-0.2, -0.15) is 0 Å². The maximum Gasteiger partial charge on any atom is 0.313 e. The molecule has 148 valence electrons. The van der Waals surface area contributed by atoms with Crippen molar-refractivity contribution in [2.75, 3.05) is 6.54 Å². The smallest absolute Gasteiger partial charge is 0.313 e. The molecule has 3 aliphatic heterocycles. The summed E-state index contributed by atoms with van der Waals surface area (Å²) in [5.41, 5.74) is 0.946. The summed E-state index contributed by atoms with van der Waals surface area (Å²) in [6.07, 6.45) is 3.34. The lowest BCUT2D eigenvalue weighted by Crippen LogP contribution is -2.39. The number of rotatable bonds is 5. The molecule has 2 saturated heterocycles. The number of carbonyl (C=O) groups excluding carboxylic acids is 2. The maximum absolute atomic E-state index is 13.2. The first-order chi connectivity index (χ1) is 14.1. The summed E-state index contributed by atoms with van der Waals surface area (Å²) < 4.78 is 24.8. The van der Waals surface area contributed by atoms with Gasteiger partial charge in [0.2, 0.25) is 5.91 Å². The number of esters is 1. The van der Waals surface area contributed by atoms with Crippen LogP contribution >= 0.6 is 0 Å². The van der Waals surface area contributed by atoms with Crippen molar-refractivity contribution in [1.29, 1.82) is 0 Å². The lowest BCUT2D eigenvalue weighted by Gasteiger charge is -2.22. The van der Waals surface area contributed by atoms with Crippen LogP contribution in [-0.4, -0.2) is 35.0 Å². The molecule has 0 aromatic heterocycles. The Morgan fingerprint density at radius 2 is 1.90 bits per heavy atom. The molecule has 0 N–H and O–H groups in total. The topological polar surface area (TPSA) is 55.8 Å². The Bertz CT molecular complexity index is 974. The predicted molar refractivity (Wildman–Crippen MR) is 102 cm³/mol. The summed E-state index contributed by atoms with van der Waals surface area (Å²) in [6.45, 7) is 0.897. The molecule has 5 nitrogen and oxygen atoms in total. The zero-order chi connectivity index (χ0) is 20.0. The summed E-state index contributed by atoms with van der Waals surface area (Å²) in [5.74, 6) is -2.08. The summed E-state index contributed by atoms with van der Waals surface area (Å²) in [5, 5.41) is 0. The van der Waals surface area contributed by atoms with Gasteiger partial charge in [0.25, 0.3) is 0 Å². The van der Waals surface area contributed by atoms with Gasteiger partial charge in [0, 0.05) is 6.54 Å². The summed E-state index contributed by atoms with van der Waals surface area (Å²) in [6, 6.07) is 15.5. The second kappa shape index (κ2) is 6.81. The standard InChI is InChI=1S/C23H20FNO4/c24-17-8-6-15(7-9-17)12-25-14-23-11-10-18(29-23)19(20(23)21(25)26)22(27)28-13-16-4-2-1-3-5-16/h1-11,18-20H,12-14H2/t18-,19+,20+,23-/m0/s1. The number of halogens is 1. The van der Waals surface area contributed by atoms with E-state index in [4.69, 9.17) is 9.47 Å². The van der Waals surface area contributed by atoms with Gasteiger partial charge in [-0.05, 0) is 23.3 Å². The van der Waals surface area contributed by atoms with E-state index in [0.717, 1.165) is 11.1 Å². The van der Waals surface area contributed by atoms with Crippen LogP contribution in [0.15, 0.2) is 66.7 Å². The van der Waals surface area contributed by atoms with E-state index in [9.17, 15) is 14.0 Å². The zero-order valence-electron chi connectivity index (χ0n) is 15.7. The highest BCUT2D eigenvalue weighted by molar-refractivity contribution is 5.91. The van der Waals surface area contributed by atoms with Crippen LogP contribution < -0.4 is 0 Å². The molecule has 1 spiro atoms. The summed E-state index contributed by atoms with van der Waals surface area (Å²) in [4.78, 5) is 27.7. The van der Waals surface area contributed by atoms with Crippen molar-refractivity contribution in [2.45, 2.75) is 24.9 Å². The van der Waals surface area contributed by atoms with E-state index in [0.29, 0.717) is 13.1 Å². The SMILES string of the molecule is O=C(OCc1ccccc1)[C@@H]1[C@@H]2C=C[C@@]3(CN(Cc4ccc(F)cc4)C(=O)[C@@H]13)O2. The molecule has 29 heavy (non-hydrogen) atoms. The predicted octanol–water partition coefficient (Wildman–Crippen LogP) is 2.85. The van der Waals surface area contributed by atoms with E-state index in [1.54, 1.807) is 17.0 Å². The van der Waals surface area contributed by atoms with Crippen LogP contribution in [-0.2, 0) is 32.2 Å². The van der Waals surface area contributed by atoms with Crippen molar-refractivity contribution < 1.29 is 23.5 Å². The number of likely N-dealkylation sites (tertiary alicyclic amines) is 1. The molecule has 1 amide bonds. The van der Waals surface area contributed by atoms with Crippen molar-refractivity contribution in [3.63, 3.8) is 0 Å². The fourth-order valence-electron chi connectivity index (χ4n) is 4.62. The third-order valence-electron chi connectivity index (χ3n) is 5.96. The molecule has 2 fully saturated rings. The minimum absolute atomic E-state index is 0.122. The second-order valence-corrected chi connectivity index (χ2v) is 7.81. The van der Waals surface area contributed by atoms with Gasteiger partial charge in [0.05, 0.1) is 18.6 Å². The van der Waals surface area contributed by atoms with E-state index in [-0.39, 0.29) is 18.3 Å². The quantitative estimate of drug-likeness (QED) is 0.579. The molecule has 0 aliphatic carbocycles. The van der Waals surface area contributed by atoms with Crippen molar-refractivity contribution >= 4 is 11.9 Å². The Hall–Kier alpha value is -2.99. The number of hydrogen-bond acceptors (Lipinski definition) is 4. The van der Waals surface area contributed by atoms with Gasteiger partial charge in [0.15, 0.2) is 0 Å². The molecular weight excluding hydrogens is 373 g/mol. The Morgan fingerprint density at radius 1 is 1.14 bits per heavy atom. The average Bonchev–Trinajstić information content (AvgIpc) is 3.37. The molecule has 3 aliphatic rings. The highest BCUT2D eigenvalue weighted by atomic mass is 19.1. The van der Waals surface area contributed by atoms with Crippen LogP contribution in [0.2, 0.25) is 0 Å². The molecule has 6 heteroatoms. The van der Waals surface area contributed by atoms with Gasteiger partial charge >= 0.3 is 5.97 Å². The van der Waals surface area contributed by atoms with Gasteiger partial charge in [-0.3, -0.25) is 9.59 Å². The van der Waals surface area contributed by atoms with Crippen LogP contribution in [0.1, 0.15) is 11.1 Å². The third-order valence-corrected chi connectivity index (χ3v) is 5.96. The van der Waals surface area contributed by atoms with Crippen LogP contribution in [0.3, 0.4) is 0 Å². The van der Waals surface area contributed by atoms with E-state index in [1.807, 2.05) is 42.5 Å². The normalized spacial score (nSPS) is 29.3. The molecule has 0 unspecified atom stereocenters. The van der Waals surface area contributed by atoms with Crippen molar-refractivity contribution in [3.05, 3.63) is 83.7 Å². The van der Waals surface area contributed by atoms with E-state index < -0.39 is 29.5 Å². The lowest BCUT2D eigenvalue weighted by molar-refractivity contribution is -0.155. The summed E-state index contributed by atoms with van der Waals surface area (Å²) >= 11 is 0. The number of benzene rings is 2. The molecule has 2 bridgehead atoms. The molecule has 3 heterocycles. The van der Waals surface area contributed by atoms with Gasteiger partial charge in [-0.25, -0.2) is 4.39 Å². The molecule has 2 aromatic carbocycles. The fourth-order valence-corrected chi connectivity index (χ4v) is 4.62. The van der Waals surface area contributed by atoms with Crippen LogP contribution in [0.4, 0.5) is 4.39 Å². The van der Waals surface area contributed by atoms with Gasteiger partial charge in [0.1, 0.15) is 23.9 Å². The number of fused-ring (bicyclic) bond motifs is 1. The van der Waals surface area contributed by atoms with E-state index >= 15 is 0 Å². The lowest BCUT2D eigenvalue weighted by atomic mass is 9.77. The summed E-state index contributed by atoms with van der Waals surface area (Å²) in [7, 11) is 0. The molecule has 2 aromatic rings. The minimum atomic E-state index is -0.780. The van der Waals surface area contributed by atoms with Gasteiger partial charge in [-0.1, -0.05) is 54.6 Å². The third kappa shape index (κ3) is 3.04. The van der Waals surface area contributed by atoms with Crippen LogP contribution in [0.25, 0.3) is 0 Å². The number of carbonyl (C=O) groups is 2. The van der Waals surface area contributed by atoms with E-state index in [1.165, 1.54) is 12.1 Å². The number of amides is 1. The van der Waals surface area contributed by atoms with Crippen molar-refractivity contribution in [3.8, 4) is 0 Å². The Balaban J connectivity index is 1.32. The van der Waals surface area contributed by atoms with E-state index in [2.05, 4.69) is 0 Å². The monoisotopic (exact) mass is 393 g/mol. The van der Waals surface area contributed by atoms with Crippen LogP contribution in [0, 0.1) is 17.7 Å². The van der Waals surface area contributed by atoms with Crippen molar-refractivity contribution in [2.24, 2.45) is 11.8 Å².